The Morgan fingerprint density at radius 3 is 2.75 bits per heavy atom. The number of rotatable bonds is 7. The number of carbonyl (C=O) groups excluding carboxylic acids is 1. The summed E-state index contributed by atoms with van der Waals surface area (Å²) in [5, 5.41) is 8.90. The maximum absolute atomic E-state index is 12.3. The van der Waals surface area contributed by atoms with Crippen molar-refractivity contribution in [1.82, 2.24) is 9.80 Å². The van der Waals surface area contributed by atoms with Crippen molar-refractivity contribution in [2.24, 2.45) is 0 Å². The standard InChI is InChI=1S/C14H24N2O4/c1-4-15(8-11(2)3)13(17)9-16-5-6-20-10-12(16)7-14(18)19/h12H,2,4-10H2,1,3H3,(H,18,19). The van der Waals surface area contributed by atoms with Gasteiger partial charge < -0.3 is 14.7 Å². The highest BCUT2D eigenvalue weighted by Crippen LogP contribution is 2.11. The van der Waals surface area contributed by atoms with Crippen molar-refractivity contribution in [3.05, 3.63) is 12.2 Å². The molecule has 114 valence electrons. The molecule has 1 N–H and O–H groups in total. The molecule has 0 radical (unpaired) electrons. The van der Waals surface area contributed by atoms with Crippen molar-refractivity contribution in [3.8, 4) is 0 Å². The van der Waals surface area contributed by atoms with Crippen LogP contribution in [-0.4, -0.2) is 72.2 Å². The molecule has 0 aromatic heterocycles. The molecule has 1 aliphatic heterocycles. The van der Waals surface area contributed by atoms with Gasteiger partial charge in [-0.1, -0.05) is 12.2 Å². The largest absolute Gasteiger partial charge is 0.481 e. The molecule has 1 atom stereocenters. The third-order valence-electron chi connectivity index (χ3n) is 3.29. The summed E-state index contributed by atoms with van der Waals surface area (Å²) < 4.78 is 5.30. The van der Waals surface area contributed by atoms with Crippen LogP contribution in [0.3, 0.4) is 0 Å². The minimum absolute atomic E-state index is 0.000108. The van der Waals surface area contributed by atoms with Crippen LogP contribution in [0.2, 0.25) is 0 Å². The van der Waals surface area contributed by atoms with E-state index in [4.69, 9.17) is 9.84 Å². The van der Waals surface area contributed by atoms with Gasteiger partial charge in [-0.3, -0.25) is 14.5 Å². The van der Waals surface area contributed by atoms with Gasteiger partial charge in [0.05, 0.1) is 26.2 Å². The average molecular weight is 284 g/mol. The zero-order chi connectivity index (χ0) is 15.1. The van der Waals surface area contributed by atoms with Crippen LogP contribution in [0.1, 0.15) is 20.3 Å². The van der Waals surface area contributed by atoms with Gasteiger partial charge in [-0.05, 0) is 13.8 Å². The molecule has 0 bridgehead atoms. The molecule has 1 amide bonds. The summed E-state index contributed by atoms with van der Waals surface area (Å²) in [6, 6.07) is -0.228. The molecule has 1 fully saturated rings. The van der Waals surface area contributed by atoms with Crippen LogP contribution in [0.15, 0.2) is 12.2 Å². The molecule has 1 heterocycles. The molecular weight excluding hydrogens is 260 g/mol. The number of carbonyl (C=O) groups is 2. The average Bonchev–Trinajstić information content (AvgIpc) is 2.37. The second kappa shape index (κ2) is 8.01. The van der Waals surface area contributed by atoms with Gasteiger partial charge in [0.25, 0.3) is 0 Å². The summed E-state index contributed by atoms with van der Waals surface area (Å²) in [6.07, 6.45) is -0.000108. The Bertz CT molecular complexity index is 370. The Morgan fingerprint density at radius 1 is 1.50 bits per heavy atom. The quantitative estimate of drug-likeness (QED) is 0.693. The number of nitrogens with zero attached hydrogens (tertiary/aromatic N) is 2. The van der Waals surface area contributed by atoms with Crippen molar-refractivity contribution in [2.45, 2.75) is 26.3 Å². The van der Waals surface area contributed by atoms with Crippen molar-refractivity contribution < 1.29 is 19.4 Å². The number of likely N-dealkylation sites (N-methyl/N-ethyl adjacent to an activating group) is 1. The molecule has 6 heteroatoms. The molecule has 1 aliphatic rings. The normalized spacial score (nSPS) is 19.6. The van der Waals surface area contributed by atoms with Crippen molar-refractivity contribution >= 4 is 11.9 Å². The topological polar surface area (TPSA) is 70.1 Å². The number of ether oxygens (including phenoxy) is 1. The fraction of sp³-hybridized carbons (Fsp3) is 0.714. The van der Waals surface area contributed by atoms with E-state index in [2.05, 4.69) is 6.58 Å². The number of carboxylic acid groups (broad SMARTS) is 1. The van der Waals surface area contributed by atoms with Crippen LogP contribution >= 0.6 is 0 Å². The zero-order valence-electron chi connectivity index (χ0n) is 12.3. The summed E-state index contributed by atoms with van der Waals surface area (Å²) in [5.41, 5.74) is 0.935. The lowest BCUT2D eigenvalue weighted by molar-refractivity contribution is -0.143. The SMILES string of the molecule is C=C(C)CN(CC)C(=O)CN1CCOCC1CC(=O)O. The van der Waals surface area contributed by atoms with Gasteiger partial charge in [0.15, 0.2) is 0 Å². The molecule has 0 saturated carbocycles. The van der Waals surface area contributed by atoms with Crippen LogP contribution < -0.4 is 0 Å². The molecule has 6 nitrogen and oxygen atoms in total. The first-order chi connectivity index (χ1) is 9.43. The minimum atomic E-state index is -0.868. The molecule has 0 aliphatic carbocycles. The first kappa shape index (κ1) is 16.7. The summed E-state index contributed by atoms with van der Waals surface area (Å²) in [7, 11) is 0. The van der Waals surface area contributed by atoms with Gasteiger partial charge in [0.2, 0.25) is 5.91 Å². The summed E-state index contributed by atoms with van der Waals surface area (Å²) in [5.74, 6) is -0.861. The smallest absolute Gasteiger partial charge is 0.305 e. The third-order valence-corrected chi connectivity index (χ3v) is 3.29. The third kappa shape index (κ3) is 5.30. The van der Waals surface area contributed by atoms with Crippen molar-refractivity contribution in [2.75, 3.05) is 39.4 Å². The van der Waals surface area contributed by atoms with Gasteiger partial charge in [-0.25, -0.2) is 0 Å². The van der Waals surface area contributed by atoms with E-state index in [1.165, 1.54) is 0 Å². The Labute approximate surface area is 120 Å². The highest BCUT2D eigenvalue weighted by Gasteiger charge is 2.28. The molecular formula is C14H24N2O4. The predicted octanol–water partition coefficient (Wildman–Crippen LogP) is 0.587. The lowest BCUT2D eigenvalue weighted by atomic mass is 10.1. The van der Waals surface area contributed by atoms with E-state index in [1.807, 2.05) is 18.7 Å². The molecule has 0 spiro atoms. The maximum Gasteiger partial charge on any atom is 0.305 e. The first-order valence-electron chi connectivity index (χ1n) is 6.89. The highest BCUT2D eigenvalue weighted by molar-refractivity contribution is 5.78. The lowest BCUT2D eigenvalue weighted by Crippen LogP contribution is -2.51. The van der Waals surface area contributed by atoms with Gasteiger partial charge in [0, 0.05) is 25.7 Å². The van der Waals surface area contributed by atoms with E-state index in [0.717, 1.165) is 5.57 Å². The first-order valence-corrected chi connectivity index (χ1v) is 6.89. The summed E-state index contributed by atoms with van der Waals surface area (Å²) in [6.45, 7) is 10.5. The fourth-order valence-corrected chi connectivity index (χ4v) is 2.26. The van der Waals surface area contributed by atoms with E-state index in [9.17, 15) is 9.59 Å². The molecule has 0 aromatic carbocycles. The summed E-state index contributed by atoms with van der Waals surface area (Å²) >= 11 is 0. The van der Waals surface area contributed by atoms with E-state index < -0.39 is 5.97 Å². The van der Waals surface area contributed by atoms with Crippen LogP contribution in [0.5, 0.6) is 0 Å². The van der Waals surface area contributed by atoms with Gasteiger partial charge in [-0.2, -0.15) is 0 Å². The Balaban J connectivity index is 2.60. The van der Waals surface area contributed by atoms with Crippen LogP contribution in [-0.2, 0) is 14.3 Å². The number of aliphatic carboxylic acids is 1. The van der Waals surface area contributed by atoms with E-state index in [0.29, 0.717) is 32.8 Å². The number of hydrogen-bond donors (Lipinski definition) is 1. The van der Waals surface area contributed by atoms with Crippen molar-refractivity contribution in [1.29, 1.82) is 0 Å². The van der Waals surface area contributed by atoms with Crippen molar-refractivity contribution in [3.63, 3.8) is 0 Å². The Morgan fingerprint density at radius 2 is 2.20 bits per heavy atom. The minimum Gasteiger partial charge on any atom is -0.481 e. The zero-order valence-corrected chi connectivity index (χ0v) is 12.3. The summed E-state index contributed by atoms with van der Waals surface area (Å²) in [4.78, 5) is 26.7. The number of carboxylic acids is 1. The molecule has 1 rings (SSSR count). The number of hydrogen-bond acceptors (Lipinski definition) is 4. The molecule has 1 saturated heterocycles. The van der Waals surface area contributed by atoms with E-state index >= 15 is 0 Å². The number of amides is 1. The molecule has 1 unspecified atom stereocenters. The number of morpholine rings is 1. The molecule has 20 heavy (non-hydrogen) atoms. The van der Waals surface area contributed by atoms with Gasteiger partial charge in [0.1, 0.15) is 0 Å². The maximum atomic E-state index is 12.3. The fourth-order valence-electron chi connectivity index (χ4n) is 2.26. The van der Waals surface area contributed by atoms with Gasteiger partial charge >= 0.3 is 5.97 Å². The van der Waals surface area contributed by atoms with Crippen LogP contribution in [0, 0.1) is 0 Å². The second-order valence-corrected chi connectivity index (χ2v) is 5.16. The Kier molecular flexibility index (Phi) is 6.67. The van der Waals surface area contributed by atoms with Crippen LogP contribution in [0.25, 0.3) is 0 Å². The van der Waals surface area contributed by atoms with E-state index in [-0.39, 0.29) is 24.9 Å². The van der Waals surface area contributed by atoms with E-state index in [1.54, 1.807) is 4.90 Å². The predicted molar refractivity (Wildman–Crippen MR) is 75.5 cm³/mol. The second-order valence-electron chi connectivity index (χ2n) is 5.16. The molecule has 0 aromatic rings. The Hall–Kier alpha value is -1.40. The lowest BCUT2D eigenvalue weighted by Gasteiger charge is -2.35. The monoisotopic (exact) mass is 284 g/mol. The van der Waals surface area contributed by atoms with Gasteiger partial charge in [-0.15, -0.1) is 0 Å². The highest BCUT2D eigenvalue weighted by atomic mass is 16.5. The van der Waals surface area contributed by atoms with Crippen LogP contribution in [0.4, 0.5) is 0 Å².